The van der Waals surface area contributed by atoms with Crippen LogP contribution >= 0.6 is 11.8 Å². The summed E-state index contributed by atoms with van der Waals surface area (Å²) in [7, 11) is -3.86. The summed E-state index contributed by atoms with van der Waals surface area (Å²) in [5, 5.41) is 2.87. The second-order valence-electron chi connectivity index (χ2n) is 6.24. The number of sulfonamides is 1. The molecule has 1 amide bonds. The van der Waals surface area contributed by atoms with Gasteiger partial charge in [0.25, 0.3) is 10.0 Å². The quantitative estimate of drug-likeness (QED) is 0.718. The molecule has 28 heavy (non-hydrogen) atoms. The Labute approximate surface area is 167 Å². The highest BCUT2D eigenvalue weighted by Gasteiger charge is 2.22. The molecule has 0 fully saturated rings. The molecule has 7 nitrogen and oxygen atoms in total. The van der Waals surface area contributed by atoms with Crippen LogP contribution in [0.4, 0.5) is 11.4 Å². The molecule has 0 aliphatic carbocycles. The van der Waals surface area contributed by atoms with E-state index in [1.807, 2.05) is 6.92 Å². The van der Waals surface area contributed by atoms with Crippen LogP contribution in [0.25, 0.3) is 0 Å². The Morgan fingerprint density at radius 2 is 1.96 bits per heavy atom. The van der Waals surface area contributed by atoms with Gasteiger partial charge in [0.05, 0.1) is 22.8 Å². The van der Waals surface area contributed by atoms with Gasteiger partial charge in [0, 0.05) is 22.3 Å². The fourth-order valence-electron chi connectivity index (χ4n) is 2.70. The van der Waals surface area contributed by atoms with E-state index in [-0.39, 0.29) is 22.7 Å². The number of ether oxygens (including phenoxy) is 1. The lowest BCUT2D eigenvalue weighted by Gasteiger charge is -2.12. The Kier molecular flexibility index (Phi) is 5.95. The van der Waals surface area contributed by atoms with Crippen molar-refractivity contribution in [3.05, 3.63) is 48.0 Å². The summed E-state index contributed by atoms with van der Waals surface area (Å²) in [5.74, 6) is -0.610. The van der Waals surface area contributed by atoms with Crippen molar-refractivity contribution < 1.29 is 22.7 Å². The molecule has 0 radical (unpaired) electrons. The van der Waals surface area contributed by atoms with E-state index in [2.05, 4.69) is 10.0 Å². The van der Waals surface area contributed by atoms with Gasteiger partial charge in [-0.25, -0.2) is 13.2 Å². The van der Waals surface area contributed by atoms with E-state index in [4.69, 9.17) is 4.74 Å². The fourth-order valence-corrected chi connectivity index (χ4v) is 4.84. The maximum Gasteiger partial charge on any atom is 0.338 e. The molecule has 1 heterocycles. The summed E-state index contributed by atoms with van der Waals surface area (Å²) in [6, 6.07) is 10.6. The summed E-state index contributed by atoms with van der Waals surface area (Å²) in [6.45, 7) is 3.92. The van der Waals surface area contributed by atoms with Gasteiger partial charge in [-0.3, -0.25) is 9.52 Å². The van der Waals surface area contributed by atoms with Gasteiger partial charge in [-0.1, -0.05) is 6.92 Å². The van der Waals surface area contributed by atoms with Gasteiger partial charge in [-0.05, 0) is 49.4 Å². The van der Waals surface area contributed by atoms with Gasteiger partial charge in [0.2, 0.25) is 5.91 Å². The monoisotopic (exact) mass is 420 g/mol. The molecule has 2 aromatic carbocycles. The zero-order valence-electron chi connectivity index (χ0n) is 15.4. The van der Waals surface area contributed by atoms with Gasteiger partial charge < -0.3 is 10.1 Å². The number of fused-ring (bicyclic) bond motifs is 1. The van der Waals surface area contributed by atoms with Crippen molar-refractivity contribution >= 4 is 45.0 Å². The van der Waals surface area contributed by atoms with Crippen LogP contribution < -0.4 is 10.0 Å². The number of hydrogen-bond donors (Lipinski definition) is 2. The number of anilines is 2. The second kappa shape index (κ2) is 8.24. The van der Waals surface area contributed by atoms with Crippen molar-refractivity contribution in [2.45, 2.75) is 35.3 Å². The number of amides is 1. The minimum Gasteiger partial charge on any atom is -0.462 e. The van der Waals surface area contributed by atoms with Crippen LogP contribution in [0.3, 0.4) is 0 Å². The number of esters is 1. The molecule has 9 heteroatoms. The Morgan fingerprint density at radius 3 is 2.64 bits per heavy atom. The predicted octanol–water partition coefficient (Wildman–Crippen LogP) is 3.49. The first kappa shape index (κ1) is 20.2. The van der Waals surface area contributed by atoms with Crippen molar-refractivity contribution in [2.24, 2.45) is 0 Å². The van der Waals surface area contributed by atoms with E-state index < -0.39 is 16.0 Å². The van der Waals surface area contributed by atoms with Gasteiger partial charge >= 0.3 is 5.97 Å². The zero-order valence-corrected chi connectivity index (χ0v) is 17.0. The van der Waals surface area contributed by atoms with Gasteiger partial charge in [0.15, 0.2) is 0 Å². The molecule has 0 spiro atoms. The molecule has 3 rings (SSSR count). The van der Waals surface area contributed by atoms with Crippen molar-refractivity contribution in [3.8, 4) is 0 Å². The van der Waals surface area contributed by atoms with Gasteiger partial charge in [-0.2, -0.15) is 0 Å². The Balaban J connectivity index is 1.82. The van der Waals surface area contributed by atoms with Crippen LogP contribution in [-0.4, -0.2) is 32.2 Å². The molecule has 0 bridgehead atoms. The molecular formula is C19H20N2O5S2. The summed E-state index contributed by atoms with van der Waals surface area (Å²) in [5.41, 5.74) is 1.14. The minimum atomic E-state index is -3.86. The zero-order chi connectivity index (χ0) is 20.3. The third kappa shape index (κ3) is 4.66. The van der Waals surface area contributed by atoms with E-state index in [0.717, 1.165) is 4.90 Å². The topological polar surface area (TPSA) is 102 Å². The third-order valence-corrected chi connectivity index (χ3v) is 6.54. The van der Waals surface area contributed by atoms with Crippen molar-refractivity contribution in [1.29, 1.82) is 0 Å². The Morgan fingerprint density at radius 1 is 1.25 bits per heavy atom. The number of thioether (sulfide) groups is 1. The standard InChI is InChI=1S/C19H20N2O5S2/c1-3-26-19(23)13-4-6-14(7-5-13)21-28(24,25)15-8-9-17-16(11-15)20-18(22)10-12(2)27-17/h4-9,11-12,21H,3,10H2,1-2H3,(H,20,22). The van der Waals surface area contributed by atoms with E-state index in [1.54, 1.807) is 13.0 Å². The maximum atomic E-state index is 12.7. The first-order valence-electron chi connectivity index (χ1n) is 8.69. The normalized spacial score (nSPS) is 16.5. The fraction of sp³-hybridized carbons (Fsp3) is 0.263. The number of nitrogens with one attached hydrogen (secondary N) is 2. The molecule has 0 saturated carbocycles. The number of benzene rings is 2. The first-order chi connectivity index (χ1) is 13.3. The summed E-state index contributed by atoms with van der Waals surface area (Å²) < 4.78 is 32.8. The largest absolute Gasteiger partial charge is 0.462 e. The van der Waals surface area contributed by atoms with Crippen molar-refractivity contribution in [3.63, 3.8) is 0 Å². The van der Waals surface area contributed by atoms with Crippen LogP contribution in [0.15, 0.2) is 52.3 Å². The first-order valence-corrected chi connectivity index (χ1v) is 11.1. The molecule has 1 unspecified atom stereocenters. The summed E-state index contributed by atoms with van der Waals surface area (Å²) >= 11 is 1.53. The molecule has 0 aromatic heterocycles. The van der Waals surface area contributed by atoms with Gasteiger partial charge in [0.1, 0.15) is 0 Å². The highest BCUT2D eigenvalue weighted by molar-refractivity contribution is 8.00. The van der Waals surface area contributed by atoms with E-state index in [0.29, 0.717) is 23.4 Å². The van der Waals surface area contributed by atoms with E-state index in [1.165, 1.54) is 48.2 Å². The molecule has 2 aromatic rings. The number of carbonyl (C=O) groups is 2. The molecule has 1 atom stereocenters. The molecule has 1 aliphatic rings. The molecule has 148 valence electrons. The van der Waals surface area contributed by atoms with Crippen LogP contribution in [0.5, 0.6) is 0 Å². The SMILES string of the molecule is CCOC(=O)c1ccc(NS(=O)(=O)c2ccc3c(c2)NC(=O)CC(C)S3)cc1. The number of hydrogen-bond acceptors (Lipinski definition) is 6. The van der Waals surface area contributed by atoms with Gasteiger partial charge in [-0.15, -0.1) is 11.8 Å². The van der Waals surface area contributed by atoms with E-state index >= 15 is 0 Å². The molecular weight excluding hydrogens is 400 g/mol. The predicted molar refractivity (Wildman–Crippen MR) is 108 cm³/mol. The maximum absolute atomic E-state index is 12.7. The third-order valence-electron chi connectivity index (χ3n) is 3.98. The van der Waals surface area contributed by atoms with Crippen LogP contribution in [-0.2, 0) is 19.6 Å². The average Bonchev–Trinajstić information content (AvgIpc) is 2.77. The minimum absolute atomic E-state index is 0.0381. The van der Waals surface area contributed by atoms with Crippen molar-refractivity contribution in [2.75, 3.05) is 16.6 Å². The van der Waals surface area contributed by atoms with Crippen molar-refractivity contribution in [1.82, 2.24) is 0 Å². The second-order valence-corrected chi connectivity index (χ2v) is 9.40. The van der Waals surface area contributed by atoms with E-state index in [9.17, 15) is 18.0 Å². The lowest BCUT2D eigenvalue weighted by Crippen LogP contribution is -2.15. The Bertz CT molecular complexity index is 1000. The average molecular weight is 421 g/mol. The highest BCUT2D eigenvalue weighted by atomic mass is 32.2. The van der Waals surface area contributed by atoms with Crippen LogP contribution in [0.2, 0.25) is 0 Å². The highest BCUT2D eigenvalue weighted by Crippen LogP contribution is 2.36. The Hall–Kier alpha value is -2.52. The summed E-state index contributed by atoms with van der Waals surface area (Å²) in [6.07, 6.45) is 0.368. The van der Waals surface area contributed by atoms with Crippen LogP contribution in [0, 0.1) is 0 Å². The lowest BCUT2D eigenvalue weighted by molar-refractivity contribution is -0.116. The molecule has 0 saturated heterocycles. The molecule has 2 N–H and O–H groups in total. The number of rotatable bonds is 5. The lowest BCUT2D eigenvalue weighted by atomic mass is 10.2. The number of carbonyl (C=O) groups excluding carboxylic acids is 2. The molecule has 1 aliphatic heterocycles. The van der Waals surface area contributed by atoms with Crippen LogP contribution in [0.1, 0.15) is 30.6 Å². The smallest absolute Gasteiger partial charge is 0.338 e. The summed E-state index contributed by atoms with van der Waals surface area (Å²) in [4.78, 5) is 24.5.